The zero-order chi connectivity index (χ0) is 18.2. The lowest BCUT2D eigenvalue weighted by Gasteiger charge is -2.21. The molecule has 0 aromatic heterocycles. The largest absolute Gasteiger partial charge is 0.462 e. The van der Waals surface area contributed by atoms with Crippen molar-refractivity contribution < 1.29 is 23.8 Å². The van der Waals surface area contributed by atoms with Gasteiger partial charge in [-0.1, -0.05) is 30.3 Å². The quantitative estimate of drug-likeness (QED) is 0.678. The molecular weight excluding hydrogens is 308 g/mol. The number of ether oxygens (including phenoxy) is 3. The van der Waals surface area contributed by atoms with Crippen molar-refractivity contribution in [3.05, 3.63) is 35.9 Å². The number of rotatable bonds is 8. The molecule has 0 saturated carbocycles. The van der Waals surface area contributed by atoms with E-state index in [9.17, 15) is 9.59 Å². The van der Waals surface area contributed by atoms with Crippen LogP contribution in [0.5, 0.6) is 0 Å². The predicted molar refractivity (Wildman–Crippen MR) is 91.3 cm³/mol. The second-order valence-electron chi connectivity index (χ2n) is 6.90. The third-order valence-electron chi connectivity index (χ3n) is 3.04. The highest BCUT2D eigenvalue weighted by molar-refractivity contribution is 5.73. The van der Waals surface area contributed by atoms with Crippen molar-refractivity contribution in [1.82, 2.24) is 0 Å². The van der Waals surface area contributed by atoms with Crippen LogP contribution >= 0.6 is 0 Å². The van der Waals surface area contributed by atoms with Crippen molar-refractivity contribution in [2.45, 2.75) is 71.9 Å². The Hall–Kier alpha value is -1.88. The minimum atomic E-state index is -0.541. The fraction of sp³-hybridized carbons (Fsp3) is 0.579. The molecule has 0 spiro atoms. The first-order valence-electron chi connectivity index (χ1n) is 8.22. The van der Waals surface area contributed by atoms with E-state index in [2.05, 4.69) is 0 Å². The second-order valence-corrected chi connectivity index (χ2v) is 6.90. The van der Waals surface area contributed by atoms with Crippen molar-refractivity contribution in [1.29, 1.82) is 0 Å². The molecule has 0 heterocycles. The summed E-state index contributed by atoms with van der Waals surface area (Å²) in [7, 11) is 0. The van der Waals surface area contributed by atoms with E-state index >= 15 is 0 Å². The molecule has 0 radical (unpaired) electrons. The lowest BCUT2D eigenvalue weighted by molar-refractivity contribution is -0.161. The van der Waals surface area contributed by atoms with Crippen LogP contribution in [0.3, 0.4) is 0 Å². The first-order valence-corrected chi connectivity index (χ1v) is 8.22. The molecule has 0 amide bonds. The molecule has 0 aliphatic rings. The highest BCUT2D eigenvalue weighted by atomic mass is 16.6. The summed E-state index contributed by atoms with van der Waals surface area (Å²) >= 11 is 0. The molecular formula is C19H28O5. The molecule has 24 heavy (non-hydrogen) atoms. The van der Waals surface area contributed by atoms with Crippen LogP contribution < -0.4 is 0 Å². The van der Waals surface area contributed by atoms with Crippen LogP contribution in [0.25, 0.3) is 0 Å². The molecule has 1 rings (SSSR count). The zero-order valence-electron chi connectivity index (χ0n) is 15.2. The van der Waals surface area contributed by atoms with Crippen LogP contribution in [0.1, 0.15) is 53.0 Å². The Morgan fingerprint density at radius 1 is 0.958 bits per heavy atom. The topological polar surface area (TPSA) is 61.8 Å². The van der Waals surface area contributed by atoms with E-state index < -0.39 is 11.7 Å². The van der Waals surface area contributed by atoms with Gasteiger partial charge in [0.05, 0.1) is 25.6 Å². The zero-order valence-corrected chi connectivity index (χ0v) is 15.2. The van der Waals surface area contributed by atoms with Gasteiger partial charge in [0.25, 0.3) is 0 Å². The summed E-state index contributed by atoms with van der Waals surface area (Å²) in [6.45, 7) is 9.34. The maximum absolute atomic E-state index is 11.9. The molecule has 2 unspecified atom stereocenters. The summed E-state index contributed by atoms with van der Waals surface area (Å²) in [5.41, 5.74) is 0.511. The normalized spacial score (nSPS) is 13.9. The van der Waals surface area contributed by atoms with Gasteiger partial charge in [0, 0.05) is 0 Å². The van der Waals surface area contributed by atoms with Crippen LogP contribution in [-0.2, 0) is 30.4 Å². The van der Waals surface area contributed by atoms with E-state index in [4.69, 9.17) is 14.2 Å². The molecule has 0 aliphatic heterocycles. The molecule has 1 aromatic rings. The Morgan fingerprint density at radius 3 is 2.12 bits per heavy atom. The van der Waals surface area contributed by atoms with Crippen molar-refractivity contribution in [2.24, 2.45) is 0 Å². The number of carbonyl (C=O) groups excluding carboxylic acids is 2. The van der Waals surface area contributed by atoms with E-state index in [1.807, 2.05) is 37.3 Å². The fourth-order valence-corrected chi connectivity index (χ4v) is 2.04. The number of benzene rings is 1. The van der Waals surface area contributed by atoms with E-state index in [1.165, 1.54) is 0 Å². The minimum absolute atomic E-state index is 0.0439. The summed E-state index contributed by atoms with van der Waals surface area (Å²) in [5.74, 6) is -0.761. The minimum Gasteiger partial charge on any atom is -0.462 e. The van der Waals surface area contributed by atoms with Gasteiger partial charge in [-0.3, -0.25) is 9.59 Å². The highest BCUT2D eigenvalue weighted by Crippen LogP contribution is 2.12. The van der Waals surface area contributed by atoms with Gasteiger partial charge in [-0.05, 0) is 40.2 Å². The van der Waals surface area contributed by atoms with Crippen molar-refractivity contribution in [2.75, 3.05) is 0 Å². The summed E-state index contributed by atoms with van der Waals surface area (Å²) < 4.78 is 16.1. The SMILES string of the molecule is CC(CC(=O)OC(C)CC(=O)OC(C)(C)C)OCc1ccccc1. The van der Waals surface area contributed by atoms with Gasteiger partial charge in [0.1, 0.15) is 11.7 Å². The molecule has 2 atom stereocenters. The van der Waals surface area contributed by atoms with Crippen LogP contribution in [0.15, 0.2) is 30.3 Å². The Kier molecular flexibility index (Phi) is 7.92. The smallest absolute Gasteiger partial charge is 0.310 e. The third kappa shape index (κ3) is 9.30. The molecule has 5 nitrogen and oxygen atoms in total. The van der Waals surface area contributed by atoms with E-state index in [0.717, 1.165) is 5.56 Å². The van der Waals surface area contributed by atoms with E-state index in [1.54, 1.807) is 27.7 Å². The average Bonchev–Trinajstić information content (AvgIpc) is 2.43. The Morgan fingerprint density at radius 2 is 1.54 bits per heavy atom. The predicted octanol–water partition coefficient (Wildman–Crippen LogP) is 3.65. The lowest BCUT2D eigenvalue weighted by Crippen LogP contribution is -2.28. The molecule has 5 heteroatoms. The Labute approximate surface area is 144 Å². The number of hydrogen-bond acceptors (Lipinski definition) is 5. The maximum atomic E-state index is 11.9. The number of hydrogen-bond donors (Lipinski definition) is 0. The first-order chi connectivity index (χ1) is 11.2. The summed E-state index contributed by atoms with van der Waals surface area (Å²) in [6, 6.07) is 9.75. The van der Waals surface area contributed by atoms with Crippen LogP contribution in [-0.4, -0.2) is 29.7 Å². The van der Waals surface area contributed by atoms with Crippen LogP contribution in [0.4, 0.5) is 0 Å². The standard InChI is InChI=1S/C19H28O5/c1-14(22-13-16-9-7-6-8-10-16)11-17(20)23-15(2)12-18(21)24-19(3,4)5/h6-10,14-15H,11-13H2,1-5H3. The summed E-state index contributed by atoms with van der Waals surface area (Å²) in [4.78, 5) is 23.6. The number of esters is 2. The van der Waals surface area contributed by atoms with Crippen molar-refractivity contribution in [3.8, 4) is 0 Å². The van der Waals surface area contributed by atoms with Crippen molar-refractivity contribution >= 4 is 11.9 Å². The molecule has 1 aromatic carbocycles. The summed E-state index contributed by atoms with van der Waals surface area (Å²) in [5, 5.41) is 0. The molecule has 134 valence electrons. The van der Waals surface area contributed by atoms with Gasteiger partial charge in [-0.25, -0.2) is 0 Å². The van der Waals surface area contributed by atoms with Gasteiger partial charge in [-0.2, -0.15) is 0 Å². The average molecular weight is 336 g/mol. The Bertz CT molecular complexity index is 518. The summed E-state index contributed by atoms with van der Waals surface area (Å²) in [6.07, 6.45) is -0.589. The lowest BCUT2D eigenvalue weighted by atomic mass is 10.2. The molecule has 0 N–H and O–H groups in total. The third-order valence-corrected chi connectivity index (χ3v) is 3.04. The second kappa shape index (κ2) is 9.42. The molecule has 0 fully saturated rings. The fourth-order valence-electron chi connectivity index (χ4n) is 2.04. The van der Waals surface area contributed by atoms with E-state index in [0.29, 0.717) is 6.61 Å². The first kappa shape index (κ1) is 20.2. The Balaban J connectivity index is 2.27. The van der Waals surface area contributed by atoms with Gasteiger partial charge in [-0.15, -0.1) is 0 Å². The maximum Gasteiger partial charge on any atom is 0.310 e. The molecule has 0 aliphatic carbocycles. The monoisotopic (exact) mass is 336 g/mol. The van der Waals surface area contributed by atoms with E-state index in [-0.39, 0.29) is 30.9 Å². The molecule has 0 saturated heterocycles. The highest BCUT2D eigenvalue weighted by Gasteiger charge is 2.21. The number of carbonyl (C=O) groups is 2. The van der Waals surface area contributed by atoms with Crippen molar-refractivity contribution in [3.63, 3.8) is 0 Å². The van der Waals surface area contributed by atoms with Gasteiger partial charge < -0.3 is 14.2 Å². The van der Waals surface area contributed by atoms with Gasteiger partial charge in [0.15, 0.2) is 0 Å². The van der Waals surface area contributed by atoms with Crippen LogP contribution in [0, 0.1) is 0 Å². The van der Waals surface area contributed by atoms with Gasteiger partial charge >= 0.3 is 11.9 Å². The van der Waals surface area contributed by atoms with Crippen LogP contribution in [0.2, 0.25) is 0 Å². The van der Waals surface area contributed by atoms with Gasteiger partial charge in [0.2, 0.25) is 0 Å². The molecule has 0 bridgehead atoms.